The van der Waals surface area contributed by atoms with Gasteiger partial charge in [0, 0.05) is 20.9 Å². The van der Waals surface area contributed by atoms with E-state index in [4.69, 9.17) is 0 Å². The number of hydrogen-bond acceptors (Lipinski definition) is 1. The largest absolute Gasteiger partial charge is 0.134 e. The van der Waals surface area contributed by atoms with E-state index in [0.717, 1.165) is 18.4 Å². The Morgan fingerprint density at radius 3 is 2.45 bits per heavy atom. The van der Waals surface area contributed by atoms with E-state index in [1.807, 2.05) is 17.4 Å². The Morgan fingerprint density at radius 2 is 1.71 bits per heavy atom. The van der Waals surface area contributed by atoms with Crippen molar-refractivity contribution in [3.8, 4) is 32.0 Å². The van der Waals surface area contributed by atoms with Crippen LogP contribution in [0.5, 0.6) is 0 Å². The molecule has 0 radical (unpaired) electrons. The Bertz CT molecular complexity index is 1240. The predicted octanol–water partition coefficient (Wildman–Crippen LogP) is 8.61. The zero-order chi connectivity index (χ0) is 21.4. The Hall–Kier alpha value is -3.08. The van der Waals surface area contributed by atoms with Gasteiger partial charge in [0.15, 0.2) is 0 Å². The number of fused-ring (bicyclic) bond motifs is 1. The summed E-state index contributed by atoms with van der Waals surface area (Å²) in [5, 5.41) is 0. The van der Waals surface area contributed by atoms with Crippen LogP contribution < -0.4 is 0 Å². The third-order valence-electron chi connectivity index (χ3n) is 5.97. The van der Waals surface area contributed by atoms with Crippen LogP contribution in [0.25, 0.3) is 38.1 Å². The minimum absolute atomic E-state index is 0.0398. The van der Waals surface area contributed by atoms with Crippen LogP contribution in [0.15, 0.2) is 72.8 Å². The Morgan fingerprint density at radius 1 is 0.871 bits per heavy atom. The molecule has 0 bridgehead atoms. The fourth-order valence-corrected chi connectivity index (χ4v) is 5.91. The predicted molar refractivity (Wildman–Crippen MR) is 134 cm³/mol. The zero-order valence-electron chi connectivity index (χ0n) is 18.3. The molecule has 0 unspecified atom stereocenters. The van der Waals surface area contributed by atoms with E-state index < -0.39 is 0 Å². The van der Waals surface area contributed by atoms with Gasteiger partial charge in [-0.25, -0.2) is 0 Å². The first kappa shape index (κ1) is 19.9. The van der Waals surface area contributed by atoms with Crippen molar-refractivity contribution >= 4 is 17.4 Å². The third kappa shape index (κ3) is 3.62. The summed E-state index contributed by atoms with van der Waals surface area (Å²) >= 11 is 1.95. The summed E-state index contributed by atoms with van der Waals surface area (Å²) in [5.41, 5.74) is 9.35. The zero-order valence-corrected chi connectivity index (χ0v) is 19.1. The second-order valence-corrected chi connectivity index (χ2v) is 10.2. The summed E-state index contributed by atoms with van der Waals surface area (Å²) in [6.07, 6.45) is 6.85. The van der Waals surface area contributed by atoms with Gasteiger partial charge in [0.2, 0.25) is 0 Å². The molecule has 0 N–H and O–H groups in total. The highest BCUT2D eigenvalue weighted by Crippen LogP contribution is 2.50. The molecule has 0 spiro atoms. The third-order valence-corrected chi connectivity index (χ3v) is 7.28. The van der Waals surface area contributed by atoms with Crippen molar-refractivity contribution in [2.45, 2.75) is 39.0 Å². The van der Waals surface area contributed by atoms with E-state index in [-0.39, 0.29) is 5.41 Å². The average molecular weight is 419 g/mol. The Labute approximate surface area is 189 Å². The lowest BCUT2D eigenvalue weighted by Gasteiger charge is -2.25. The van der Waals surface area contributed by atoms with Gasteiger partial charge in [-0.2, -0.15) is 0 Å². The molecule has 1 heteroatoms. The van der Waals surface area contributed by atoms with Crippen LogP contribution in [0.4, 0.5) is 0 Å². The quantitative estimate of drug-likeness (QED) is 0.312. The van der Waals surface area contributed by atoms with Crippen LogP contribution in [-0.2, 0) is 11.8 Å². The molecule has 152 valence electrons. The molecule has 0 aliphatic heterocycles. The molecule has 0 atom stereocenters. The highest BCUT2D eigenvalue weighted by atomic mass is 32.1. The summed E-state index contributed by atoms with van der Waals surface area (Å²) in [4.78, 5) is 2.79. The highest BCUT2D eigenvalue weighted by molar-refractivity contribution is 7.19. The number of allylic oxidation sites excluding steroid dienone is 1. The van der Waals surface area contributed by atoms with Crippen LogP contribution in [-0.4, -0.2) is 0 Å². The summed E-state index contributed by atoms with van der Waals surface area (Å²) in [6.45, 7) is 6.94. The summed E-state index contributed by atoms with van der Waals surface area (Å²) < 4.78 is 0. The van der Waals surface area contributed by atoms with Crippen molar-refractivity contribution in [1.29, 1.82) is 0 Å². The lowest BCUT2D eigenvalue weighted by atomic mass is 9.79. The van der Waals surface area contributed by atoms with Gasteiger partial charge >= 0.3 is 0 Å². The van der Waals surface area contributed by atoms with Crippen LogP contribution in [0.3, 0.4) is 0 Å². The average Bonchev–Trinajstić information content (AvgIpc) is 3.19. The molecule has 4 aromatic rings. The van der Waals surface area contributed by atoms with Gasteiger partial charge in [-0.1, -0.05) is 99.7 Å². The Kier molecular flexibility index (Phi) is 5.05. The molecular weight excluding hydrogens is 392 g/mol. The maximum atomic E-state index is 3.36. The molecule has 1 aromatic heterocycles. The Balaban J connectivity index is 1.84. The first-order chi connectivity index (χ1) is 15.0. The smallest absolute Gasteiger partial charge is 0.0424 e. The SMILES string of the molecule is CC(C)(C)c1cccc(-c2c#cccc2)c1-c1sc(-c2ccccc2)c2c1CCC=C2. The second kappa shape index (κ2) is 7.88. The summed E-state index contributed by atoms with van der Waals surface area (Å²) in [6, 6.07) is 30.2. The van der Waals surface area contributed by atoms with Gasteiger partial charge in [0.1, 0.15) is 0 Å². The lowest BCUT2D eigenvalue weighted by molar-refractivity contribution is 0.592. The first-order valence-electron chi connectivity index (χ1n) is 10.9. The van der Waals surface area contributed by atoms with Crippen molar-refractivity contribution in [3.63, 3.8) is 0 Å². The first-order valence-corrected chi connectivity index (χ1v) is 11.8. The van der Waals surface area contributed by atoms with Gasteiger partial charge in [-0.3, -0.25) is 0 Å². The number of benzene rings is 2. The van der Waals surface area contributed by atoms with Gasteiger partial charge in [-0.15, -0.1) is 11.3 Å². The van der Waals surface area contributed by atoms with Gasteiger partial charge in [0.25, 0.3) is 0 Å². The molecule has 1 aliphatic carbocycles. The molecular formula is C30H26S. The minimum Gasteiger partial charge on any atom is -0.134 e. The maximum absolute atomic E-state index is 3.36. The van der Waals surface area contributed by atoms with Crippen LogP contribution in [0.1, 0.15) is 43.9 Å². The van der Waals surface area contributed by atoms with Gasteiger partial charge < -0.3 is 0 Å². The van der Waals surface area contributed by atoms with Gasteiger partial charge in [0.05, 0.1) is 0 Å². The molecule has 31 heavy (non-hydrogen) atoms. The van der Waals surface area contributed by atoms with E-state index >= 15 is 0 Å². The summed E-state index contributed by atoms with van der Waals surface area (Å²) in [5.74, 6) is 0. The maximum Gasteiger partial charge on any atom is 0.0424 e. The second-order valence-electron chi connectivity index (χ2n) is 9.15. The van der Waals surface area contributed by atoms with Crippen LogP contribution in [0, 0.1) is 12.1 Å². The van der Waals surface area contributed by atoms with E-state index in [1.54, 1.807) is 0 Å². The molecule has 0 saturated carbocycles. The highest BCUT2D eigenvalue weighted by Gasteiger charge is 2.27. The molecule has 5 rings (SSSR count). The standard InChI is InChI=1S/C30H26S/c1-30(2,3)26-20-12-19-23(21-13-6-4-7-14-21)27(26)29-25-18-11-10-17-24(25)28(31-29)22-15-8-5-9-16-22/h4-6,8-10,12-13,15-17,19-20H,11,18H2,1-3H3. The van der Waals surface area contributed by atoms with Crippen LogP contribution >= 0.6 is 11.3 Å². The molecule has 3 aromatic carbocycles. The topological polar surface area (TPSA) is 0 Å². The fourth-order valence-electron chi connectivity index (χ4n) is 4.49. The molecule has 0 fully saturated rings. The fraction of sp³-hybridized carbons (Fsp3) is 0.200. The van der Waals surface area contributed by atoms with Crippen molar-refractivity contribution < 1.29 is 0 Å². The molecule has 1 heterocycles. The van der Waals surface area contributed by atoms with E-state index in [1.165, 1.54) is 43.1 Å². The molecule has 0 nitrogen and oxygen atoms in total. The van der Waals surface area contributed by atoms with Crippen LogP contribution in [0.2, 0.25) is 0 Å². The number of thiophene rings is 1. The molecule has 1 aliphatic rings. The van der Waals surface area contributed by atoms with E-state index in [2.05, 4.69) is 106 Å². The van der Waals surface area contributed by atoms with Crippen molar-refractivity contribution in [2.24, 2.45) is 0 Å². The molecule has 0 amide bonds. The molecule has 0 saturated heterocycles. The van der Waals surface area contributed by atoms with Gasteiger partial charge in [-0.05, 0) is 58.2 Å². The van der Waals surface area contributed by atoms with E-state index in [9.17, 15) is 0 Å². The van der Waals surface area contributed by atoms with Crippen molar-refractivity contribution in [1.82, 2.24) is 0 Å². The number of rotatable bonds is 3. The normalized spacial score (nSPS) is 13.0. The van der Waals surface area contributed by atoms with E-state index in [0.29, 0.717) is 0 Å². The monoisotopic (exact) mass is 418 g/mol. The summed E-state index contributed by atoms with van der Waals surface area (Å²) in [7, 11) is 0. The lowest BCUT2D eigenvalue weighted by Crippen LogP contribution is -2.13. The van der Waals surface area contributed by atoms with Crippen molar-refractivity contribution in [2.75, 3.05) is 0 Å². The van der Waals surface area contributed by atoms with Crippen molar-refractivity contribution in [3.05, 3.63) is 102 Å². The number of hydrogen-bond donors (Lipinski definition) is 0. The minimum atomic E-state index is 0.0398.